The summed E-state index contributed by atoms with van der Waals surface area (Å²) in [4.78, 5) is 15.1. The van der Waals surface area contributed by atoms with E-state index in [-0.39, 0.29) is 11.9 Å². The minimum Gasteiger partial charge on any atom is -0.391 e. The smallest absolute Gasteiger partial charge is 0.237 e. The fourth-order valence-corrected chi connectivity index (χ4v) is 5.02. The summed E-state index contributed by atoms with van der Waals surface area (Å²) >= 11 is 1.20. The van der Waals surface area contributed by atoms with Crippen LogP contribution in [0.1, 0.15) is 40.0 Å². The van der Waals surface area contributed by atoms with E-state index in [4.69, 9.17) is 4.74 Å². The van der Waals surface area contributed by atoms with E-state index in [1.165, 1.54) is 18.7 Å². The molecule has 28 heavy (non-hydrogen) atoms. The number of likely N-dealkylation sites (tertiary alicyclic amines) is 1. The van der Waals surface area contributed by atoms with Crippen LogP contribution in [0.3, 0.4) is 0 Å². The predicted octanol–water partition coefficient (Wildman–Crippen LogP) is -0.467. The number of amides is 1. The van der Waals surface area contributed by atoms with E-state index in [2.05, 4.69) is 17.1 Å². The Balaban J connectivity index is 2.12. The van der Waals surface area contributed by atoms with Crippen molar-refractivity contribution in [1.29, 1.82) is 0 Å². The fourth-order valence-electron chi connectivity index (χ4n) is 4.34. The van der Waals surface area contributed by atoms with Gasteiger partial charge in [0.05, 0.1) is 18.2 Å². The van der Waals surface area contributed by atoms with E-state index >= 15 is 0 Å². The van der Waals surface area contributed by atoms with Gasteiger partial charge in [-0.1, -0.05) is 20.3 Å². The highest BCUT2D eigenvalue weighted by atomic mass is 32.2. The third kappa shape index (κ3) is 5.19. The van der Waals surface area contributed by atoms with Gasteiger partial charge in [-0.05, 0) is 38.5 Å². The van der Waals surface area contributed by atoms with Gasteiger partial charge in [-0.15, -0.1) is 11.8 Å². The van der Waals surface area contributed by atoms with Crippen molar-refractivity contribution < 1.29 is 30.0 Å². The maximum atomic E-state index is 13.0. The molecule has 0 aromatic heterocycles. The monoisotopic (exact) mass is 420 g/mol. The van der Waals surface area contributed by atoms with Gasteiger partial charge in [-0.2, -0.15) is 0 Å². The molecule has 8 nitrogen and oxygen atoms in total. The quantitative estimate of drug-likeness (QED) is 0.357. The molecular weight excluding hydrogens is 384 g/mol. The van der Waals surface area contributed by atoms with Crippen LogP contribution in [0.2, 0.25) is 0 Å². The van der Waals surface area contributed by atoms with E-state index in [0.29, 0.717) is 5.92 Å². The van der Waals surface area contributed by atoms with E-state index in [1.54, 1.807) is 6.26 Å². The Morgan fingerprint density at radius 2 is 1.93 bits per heavy atom. The Labute approximate surface area is 171 Å². The molecule has 9 atom stereocenters. The second-order valence-corrected chi connectivity index (χ2v) is 8.88. The maximum absolute atomic E-state index is 13.0. The average Bonchev–Trinajstić information content (AvgIpc) is 3.08. The molecule has 2 rings (SSSR count). The van der Waals surface area contributed by atoms with E-state index in [9.17, 15) is 25.2 Å². The normalized spacial score (nSPS) is 38.9. The van der Waals surface area contributed by atoms with Crippen LogP contribution in [0.25, 0.3) is 0 Å². The molecule has 9 heteroatoms. The summed E-state index contributed by atoms with van der Waals surface area (Å²) in [5.41, 5.74) is -0.755. The lowest BCUT2D eigenvalue weighted by molar-refractivity contribution is -0.211. The molecule has 0 spiro atoms. The van der Waals surface area contributed by atoms with E-state index < -0.39 is 42.0 Å². The zero-order valence-corrected chi connectivity index (χ0v) is 18.0. The van der Waals surface area contributed by atoms with Gasteiger partial charge < -0.3 is 30.5 Å². The number of nitrogens with zero attached hydrogens (tertiary/aromatic N) is 1. The molecule has 2 heterocycles. The number of aliphatic hydroxyl groups excluding tert-OH is 4. The fraction of sp³-hybridized carbons (Fsp3) is 0.947. The Morgan fingerprint density at radius 3 is 2.46 bits per heavy atom. The molecule has 0 saturated carbocycles. The second-order valence-electron chi connectivity index (χ2n) is 7.95. The Morgan fingerprint density at radius 1 is 1.25 bits per heavy atom. The molecule has 0 aromatic carbocycles. The van der Waals surface area contributed by atoms with Crippen molar-refractivity contribution in [1.82, 2.24) is 10.2 Å². The number of hydrogen-bond donors (Lipinski definition) is 5. The molecule has 2 fully saturated rings. The highest BCUT2D eigenvalue weighted by Crippen LogP contribution is 2.30. The lowest BCUT2D eigenvalue weighted by Gasteiger charge is -2.44. The van der Waals surface area contributed by atoms with Crippen molar-refractivity contribution in [3.63, 3.8) is 0 Å². The summed E-state index contributed by atoms with van der Waals surface area (Å²) in [5, 5.41) is 43.7. The number of likely N-dealkylation sites (N-methyl/N-ethyl adjacent to an activating group) is 1. The summed E-state index contributed by atoms with van der Waals surface area (Å²) in [6.45, 7) is 7.31. The van der Waals surface area contributed by atoms with E-state index in [0.717, 1.165) is 32.4 Å². The predicted molar refractivity (Wildman–Crippen MR) is 108 cm³/mol. The van der Waals surface area contributed by atoms with Crippen molar-refractivity contribution in [2.45, 2.75) is 88.1 Å². The first-order valence-corrected chi connectivity index (χ1v) is 11.5. The molecule has 0 aliphatic carbocycles. The van der Waals surface area contributed by atoms with Crippen molar-refractivity contribution in [3.8, 4) is 0 Å². The molecule has 2 aliphatic heterocycles. The van der Waals surface area contributed by atoms with Crippen LogP contribution < -0.4 is 5.32 Å². The van der Waals surface area contributed by atoms with Crippen LogP contribution in [0.4, 0.5) is 0 Å². The first-order chi connectivity index (χ1) is 13.2. The summed E-state index contributed by atoms with van der Waals surface area (Å²) in [6, 6.07) is -1.18. The van der Waals surface area contributed by atoms with Gasteiger partial charge in [-0.25, -0.2) is 0 Å². The van der Waals surface area contributed by atoms with Gasteiger partial charge in [0.15, 0.2) is 0 Å². The van der Waals surface area contributed by atoms with Crippen LogP contribution in [-0.4, -0.2) is 98.6 Å². The number of hydrogen-bond acceptors (Lipinski definition) is 8. The molecule has 5 N–H and O–H groups in total. The maximum Gasteiger partial charge on any atom is 0.237 e. The second kappa shape index (κ2) is 10.6. The van der Waals surface area contributed by atoms with Crippen LogP contribution in [0.15, 0.2) is 0 Å². The summed E-state index contributed by atoms with van der Waals surface area (Å²) in [7, 11) is 0. The van der Waals surface area contributed by atoms with Crippen LogP contribution in [-0.2, 0) is 9.53 Å². The summed E-state index contributed by atoms with van der Waals surface area (Å²) in [5.74, 6) is 0.267. The Bertz CT molecular complexity index is 509. The number of carbonyl (C=O) groups is 1. The lowest BCUT2D eigenvalue weighted by atomic mass is 9.92. The Kier molecular flexibility index (Phi) is 9.00. The van der Waals surface area contributed by atoms with Crippen LogP contribution in [0, 0.1) is 5.92 Å². The number of thioether (sulfide) groups is 1. The van der Waals surface area contributed by atoms with Gasteiger partial charge >= 0.3 is 0 Å². The van der Waals surface area contributed by atoms with Gasteiger partial charge in [0, 0.05) is 6.54 Å². The van der Waals surface area contributed by atoms with Crippen molar-refractivity contribution >= 4 is 17.7 Å². The van der Waals surface area contributed by atoms with Gasteiger partial charge in [0.25, 0.3) is 0 Å². The number of carbonyl (C=O) groups excluding carboxylic acids is 1. The summed E-state index contributed by atoms with van der Waals surface area (Å²) in [6.07, 6.45) is -1.47. The highest BCUT2D eigenvalue weighted by molar-refractivity contribution is 7.99. The van der Waals surface area contributed by atoms with Crippen LogP contribution >= 0.6 is 11.8 Å². The molecule has 9 unspecified atom stereocenters. The number of nitrogens with one attached hydrogen (secondary N) is 1. The largest absolute Gasteiger partial charge is 0.391 e. The van der Waals surface area contributed by atoms with Gasteiger partial charge in [0.2, 0.25) is 5.91 Å². The van der Waals surface area contributed by atoms with Crippen molar-refractivity contribution in [2.24, 2.45) is 5.92 Å². The first kappa shape index (κ1) is 23.9. The molecule has 0 radical (unpaired) electrons. The van der Waals surface area contributed by atoms with Crippen LogP contribution in [0.5, 0.6) is 0 Å². The zero-order chi connectivity index (χ0) is 21.0. The molecule has 1 amide bonds. The zero-order valence-electron chi connectivity index (χ0n) is 17.2. The molecule has 0 aromatic rings. The molecule has 164 valence electrons. The minimum absolute atomic E-state index is 0.205. The van der Waals surface area contributed by atoms with Gasteiger partial charge in [0.1, 0.15) is 29.9 Å². The van der Waals surface area contributed by atoms with E-state index in [1.807, 2.05) is 6.92 Å². The SMILES string of the molecule is CCCC1CC(C(=O)NC(C(C)O)C2OC(SC)C(O)C(O)C2O)N(CC)C1. The minimum atomic E-state index is -1.42. The average molecular weight is 421 g/mol. The topological polar surface area (TPSA) is 122 Å². The first-order valence-electron chi connectivity index (χ1n) is 10.2. The molecule has 0 bridgehead atoms. The summed E-state index contributed by atoms with van der Waals surface area (Å²) < 4.78 is 5.75. The number of rotatable bonds is 8. The lowest BCUT2D eigenvalue weighted by Crippen LogP contribution is -2.65. The number of aliphatic hydroxyl groups is 4. The Hall–Kier alpha value is -0.420. The van der Waals surface area contributed by atoms with Crippen molar-refractivity contribution in [2.75, 3.05) is 19.3 Å². The van der Waals surface area contributed by atoms with Crippen molar-refractivity contribution in [3.05, 3.63) is 0 Å². The molecular formula is C19H36N2O6S. The third-order valence-corrected chi connectivity index (χ3v) is 6.77. The molecule has 2 saturated heterocycles. The third-order valence-electron chi connectivity index (χ3n) is 5.92. The molecule has 2 aliphatic rings. The highest BCUT2D eigenvalue weighted by Gasteiger charge is 2.48. The van der Waals surface area contributed by atoms with Gasteiger partial charge in [-0.3, -0.25) is 9.69 Å². The standard InChI is InChI=1S/C19H36N2O6S/c1-5-7-11-8-12(21(6-2)9-11)18(26)20-13(10(3)22)17-15(24)14(23)16(25)19(27-17)28-4/h10-17,19,22-25H,5-9H2,1-4H3,(H,20,26). The number of ether oxygens (including phenoxy) is 1.